The fourth-order valence-electron chi connectivity index (χ4n) is 2.32. The van der Waals surface area contributed by atoms with E-state index in [9.17, 15) is 4.79 Å². The van der Waals surface area contributed by atoms with E-state index in [1.165, 1.54) is 0 Å². The fraction of sp³-hybridized carbons (Fsp3) is 0.222. The summed E-state index contributed by atoms with van der Waals surface area (Å²) >= 11 is 12.0. The average Bonchev–Trinajstić information content (AvgIpc) is 2.57. The van der Waals surface area contributed by atoms with Crippen LogP contribution in [-0.4, -0.2) is 11.8 Å². The summed E-state index contributed by atoms with van der Waals surface area (Å²) < 4.78 is 0. The van der Waals surface area contributed by atoms with Crippen LogP contribution in [-0.2, 0) is 16.1 Å². The summed E-state index contributed by atoms with van der Waals surface area (Å²) in [4.78, 5) is 17.4. The number of benzene rings is 2. The Bertz CT molecular complexity index is 733. The molecule has 0 amide bonds. The van der Waals surface area contributed by atoms with Gasteiger partial charge in [0.25, 0.3) is 5.84 Å². The molecule has 0 saturated carbocycles. The highest BCUT2D eigenvalue weighted by Crippen LogP contribution is 2.21. The van der Waals surface area contributed by atoms with Gasteiger partial charge < -0.3 is 0 Å². The van der Waals surface area contributed by atoms with Gasteiger partial charge in [-0.05, 0) is 29.7 Å². The van der Waals surface area contributed by atoms with E-state index < -0.39 is 0 Å². The van der Waals surface area contributed by atoms with Crippen LogP contribution in [0.2, 0.25) is 10.0 Å². The van der Waals surface area contributed by atoms with Crippen LogP contribution >= 0.6 is 23.2 Å². The van der Waals surface area contributed by atoms with Crippen molar-refractivity contribution in [1.29, 1.82) is 0 Å². The highest BCUT2D eigenvalue weighted by molar-refractivity contribution is 6.35. The van der Waals surface area contributed by atoms with E-state index in [0.717, 1.165) is 11.1 Å². The van der Waals surface area contributed by atoms with Crippen molar-refractivity contribution in [3.8, 4) is 0 Å². The van der Waals surface area contributed by atoms with Crippen LogP contribution in [0.15, 0.2) is 48.5 Å². The molecular formula is C18H19Cl2N2O2+. The highest BCUT2D eigenvalue weighted by atomic mass is 35.5. The van der Waals surface area contributed by atoms with Crippen LogP contribution in [0.3, 0.4) is 0 Å². The third-order valence-corrected chi connectivity index (χ3v) is 4.16. The van der Waals surface area contributed by atoms with Crippen LogP contribution in [0.5, 0.6) is 0 Å². The van der Waals surface area contributed by atoms with Crippen LogP contribution in [0.4, 0.5) is 0 Å². The Balaban J connectivity index is 2.01. The molecule has 0 bridgehead atoms. The molecule has 2 rings (SSSR count). The van der Waals surface area contributed by atoms with Gasteiger partial charge in [0.05, 0.1) is 12.3 Å². The number of hydrogen-bond acceptors (Lipinski definition) is 2. The van der Waals surface area contributed by atoms with Crippen LogP contribution in [0.25, 0.3) is 0 Å². The number of carbonyl (C=O) groups is 1. The predicted molar refractivity (Wildman–Crippen MR) is 95.9 cm³/mol. The van der Waals surface area contributed by atoms with Gasteiger partial charge in [0.1, 0.15) is 0 Å². The number of amidine groups is 1. The van der Waals surface area contributed by atoms with Gasteiger partial charge in [-0.3, -0.25) is 10.6 Å². The summed E-state index contributed by atoms with van der Waals surface area (Å²) in [5.74, 6) is -0.435. The summed E-state index contributed by atoms with van der Waals surface area (Å²) in [6.45, 7) is 1.93. The van der Waals surface area contributed by atoms with Gasteiger partial charge in [0, 0.05) is 10.0 Å². The minimum atomic E-state index is -0.381. The first kappa shape index (κ1) is 18.3. The maximum absolute atomic E-state index is 12.2. The van der Waals surface area contributed by atoms with Gasteiger partial charge in [0.15, 0.2) is 0 Å². The van der Waals surface area contributed by atoms with Gasteiger partial charge in [-0.25, -0.2) is 4.79 Å². The van der Waals surface area contributed by atoms with Crippen molar-refractivity contribution in [3.63, 3.8) is 0 Å². The van der Waals surface area contributed by atoms with Crippen LogP contribution in [0.1, 0.15) is 30.4 Å². The molecule has 0 aliphatic heterocycles. The van der Waals surface area contributed by atoms with Crippen molar-refractivity contribution in [3.05, 3.63) is 69.7 Å². The molecule has 0 unspecified atom stereocenters. The zero-order valence-corrected chi connectivity index (χ0v) is 14.8. The molecule has 126 valence electrons. The van der Waals surface area contributed by atoms with Crippen molar-refractivity contribution >= 4 is 35.0 Å². The Morgan fingerprint density at radius 1 is 1.21 bits per heavy atom. The Kier molecular flexibility index (Phi) is 6.64. The molecule has 0 fully saturated rings. The number of carbonyl (C=O) groups excluding carboxylic acids is 1. The number of nitrogens with two attached hydrogens (primary N) is 1. The molecule has 24 heavy (non-hydrogen) atoms. The van der Waals surface area contributed by atoms with Crippen molar-refractivity contribution in [2.24, 2.45) is 5.73 Å². The number of halogens is 2. The van der Waals surface area contributed by atoms with Gasteiger partial charge in [0.2, 0.25) is 0 Å². The molecule has 3 N–H and O–H groups in total. The standard InChI is InChI=1S/C18H18Cl2N2O2/c1-2-15(12-6-4-3-5-7-12)18(23)24-22-17(21)10-13-8-9-14(19)11-16(13)20/h3-9,11,15H,2,10H2,1H3,(H2,21,22)/p+1/t15-/m1/s1. The molecule has 0 saturated heterocycles. The molecule has 0 aliphatic carbocycles. The lowest BCUT2D eigenvalue weighted by atomic mass is 9.97. The Morgan fingerprint density at radius 3 is 2.54 bits per heavy atom. The molecule has 2 aromatic rings. The van der Waals surface area contributed by atoms with Crippen LogP contribution < -0.4 is 10.9 Å². The fourth-order valence-corrected chi connectivity index (χ4v) is 2.79. The maximum atomic E-state index is 12.2. The molecule has 2 aromatic carbocycles. The zero-order chi connectivity index (χ0) is 17.5. The number of rotatable bonds is 6. The molecular weight excluding hydrogens is 347 g/mol. The lowest BCUT2D eigenvalue weighted by Crippen LogP contribution is -2.76. The molecule has 6 heteroatoms. The van der Waals surface area contributed by atoms with Crippen molar-refractivity contribution in [1.82, 2.24) is 0 Å². The third-order valence-electron chi connectivity index (χ3n) is 3.57. The summed E-state index contributed by atoms with van der Waals surface area (Å²) in [6, 6.07) is 14.6. The lowest BCUT2D eigenvalue weighted by molar-refractivity contribution is -0.725. The van der Waals surface area contributed by atoms with E-state index in [1.54, 1.807) is 18.2 Å². The maximum Gasteiger partial charge on any atom is 0.364 e. The Morgan fingerprint density at radius 2 is 1.92 bits per heavy atom. The average molecular weight is 366 g/mol. The smallest absolute Gasteiger partial charge is 0.288 e. The van der Waals surface area contributed by atoms with E-state index in [1.807, 2.05) is 37.3 Å². The summed E-state index contributed by atoms with van der Waals surface area (Å²) in [6.07, 6.45) is 0.957. The Hall–Kier alpha value is -2.04. The summed E-state index contributed by atoms with van der Waals surface area (Å²) in [5, 5.41) is 3.57. The molecule has 0 heterocycles. The lowest BCUT2D eigenvalue weighted by Gasteiger charge is -2.10. The second-order valence-corrected chi connectivity index (χ2v) is 6.18. The molecule has 1 atom stereocenters. The largest absolute Gasteiger partial charge is 0.364 e. The molecule has 0 aliphatic rings. The minimum absolute atomic E-state index is 0.287. The summed E-state index contributed by atoms with van der Waals surface area (Å²) in [5.41, 5.74) is 7.58. The van der Waals surface area contributed by atoms with E-state index in [0.29, 0.717) is 22.9 Å². The zero-order valence-electron chi connectivity index (χ0n) is 13.3. The van der Waals surface area contributed by atoms with Gasteiger partial charge >= 0.3 is 5.97 Å². The molecule has 0 radical (unpaired) electrons. The second kappa shape index (κ2) is 8.71. The normalized spacial score (nSPS) is 12.7. The van der Waals surface area contributed by atoms with Crippen molar-refractivity contribution < 1.29 is 14.8 Å². The molecule has 4 nitrogen and oxygen atoms in total. The predicted octanol–water partition coefficient (Wildman–Crippen LogP) is 2.63. The number of nitrogens with one attached hydrogen (secondary N) is 1. The minimum Gasteiger partial charge on any atom is -0.288 e. The van der Waals surface area contributed by atoms with Crippen molar-refractivity contribution in [2.75, 3.05) is 0 Å². The molecule has 0 aromatic heterocycles. The van der Waals surface area contributed by atoms with Gasteiger partial charge in [-0.1, -0.05) is 71.7 Å². The van der Waals surface area contributed by atoms with E-state index in [4.69, 9.17) is 33.8 Å². The van der Waals surface area contributed by atoms with E-state index in [-0.39, 0.29) is 17.7 Å². The van der Waals surface area contributed by atoms with Gasteiger partial charge in [-0.15, -0.1) is 0 Å². The summed E-state index contributed by atoms with van der Waals surface area (Å²) in [7, 11) is 0. The Labute approximate surface area is 151 Å². The first-order valence-corrected chi connectivity index (χ1v) is 8.33. The first-order valence-electron chi connectivity index (χ1n) is 7.58. The quantitative estimate of drug-likeness (QED) is 0.358. The SMILES string of the molecule is CC[C@@H](C(=O)O[NH+]=C(N)Cc1ccc(Cl)cc1Cl)c1ccccc1. The highest BCUT2D eigenvalue weighted by Gasteiger charge is 2.21. The van der Waals surface area contributed by atoms with E-state index in [2.05, 4.69) is 5.16 Å². The van der Waals surface area contributed by atoms with Gasteiger partial charge in [-0.2, -0.15) is 0 Å². The first-order chi connectivity index (χ1) is 11.5. The van der Waals surface area contributed by atoms with Crippen LogP contribution in [0, 0.1) is 0 Å². The topological polar surface area (TPSA) is 66.3 Å². The second-order valence-electron chi connectivity index (χ2n) is 5.33. The van der Waals surface area contributed by atoms with Crippen molar-refractivity contribution in [2.45, 2.75) is 25.7 Å². The number of hydrogen-bond donors (Lipinski definition) is 2. The molecule has 0 spiro atoms. The monoisotopic (exact) mass is 365 g/mol. The van der Waals surface area contributed by atoms with E-state index >= 15 is 0 Å². The third kappa shape index (κ3) is 4.98.